The Kier molecular flexibility index (Phi) is 3.94. The van der Waals surface area contributed by atoms with Crippen molar-refractivity contribution in [1.82, 2.24) is 5.32 Å². The zero-order chi connectivity index (χ0) is 12.3. The Morgan fingerprint density at radius 1 is 1.24 bits per heavy atom. The molecule has 0 spiro atoms. The van der Waals surface area contributed by atoms with Crippen molar-refractivity contribution in [3.8, 4) is 5.75 Å². The molecule has 1 heterocycles. The van der Waals surface area contributed by atoms with Crippen molar-refractivity contribution in [1.29, 1.82) is 0 Å². The second kappa shape index (κ2) is 5.45. The molecule has 17 heavy (non-hydrogen) atoms. The van der Waals surface area contributed by atoms with Gasteiger partial charge < -0.3 is 10.1 Å². The van der Waals surface area contributed by atoms with Gasteiger partial charge in [-0.05, 0) is 50.4 Å². The van der Waals surface area contributed by atoms with Crippen molar-refractivity contribution in [2.45, 2.75) is 25.7 Å². The molecule has 0 aliphatic carbocycles. The van der Waals surface area contributed by atoms with E-state index in [1.807, 2.05) is 0 Å². The van der Waals surface area contributed by atoms with Crippen molar-refractivity contribution in [3.63, 3.8) is 0 Å². The van der Waals surface area contributed by atoms with Crippen molar-refractivity contribution in [3.05, 3.63) is 29.3 Å². The summed E-state index contributed by atoms with van der Waals surface area (Å²) in [5, 5.41) is 3.21. The van der Waals surface area contributed by atoms with E-state index in [9.17, 15) is 8.78 Å². The van der Waals surface area contributed by atoms with Crippen LogP contribution in [0.25, 0.3) is 0 Å². The van der Waals surface area contributed by atoms with Crippen LogP contribution in [0, 0.1) is 11.6 Å². The van der Waals surface area contributed by atoms with Gasteiger partial charge >= 0.3 is 0 Å². The molecule has 0 unspecified atom stereocenters. The minimum absolute atomic E-state index is 0.00249. The summed E-state index contributed by atoms with van der Waals surface area (Å²) in [7, 11) is 0. The SMILES string of the molecule is CCOc1ccc(C2CCNCC2)c(F)c1F. The number of hydrogen-bond donors (Lipinski definition) is 1. The van der Waals surface area contributed by atoms with Crippen LogP contribution in [0.5, 0.6) is 5.75 Å². The summed E-state index contributed by atoms with van der Waals surface area (Å²) in [6.07, 6.45) is 1.70. The molecule has 1 aliphatic rings. The maximum Gasteiger partial charge on any atom is 0.200 e. The Balaban J connectivity index is 2.26. The zero-order valence-corrected chi connectivity index (χ0v) is 9.93. The minimum atomic E-state index is -0.858. The smallest absolute Gasteiger partial charge is 0.200 e. The fourth-order valence-corrected chi connectivity index (χ4v) is 2.26. The Hall–Kier alpha value is -1.16. The quantitative estimate of drug-likeness (QED) is 0.878. The van der Waals surface area contributed by atoms with Gasteiger partial charge in [-0.1, -0.05) is 6.07 Å². The fourth-order valence-electron chi connectivity index (χ4n) is 2.26. The Labute approximate surface area is 100.0 Å². The first kappa shape index (κ1) is 12.3. The van der Waals surface area contributed by atoms with Crippen molar-refractivity contribution in [2.75, 3.05) is 19.7 Å². The van der Waals surface area contributed by atoms with E-state index in [4.69, 9.17) is 4.74 Å². The van der Waals surface area contributed by atoms with Gasteiger partial charge in [0.15, 0.2) is 11.6 Å². The lowest BCUT2D eigenvalue weighted by Crippen LogP contribution is -2.27. The molecule has 2 rings (SSSR count). The highest BCUT2D eigenvalue weighted by atomic mass is 19.2. The van der Waals surface area contributed by atoms with Crippen LogP contribution in [0.15, 0.2) is 12.1 Å². The zero-order valence-electron chi connectivity index (χ0n) is 9.93. The van der Waals surface area contributed by atoms with Gasteiger partial charge in [0.25, 0.3) is 0 Å². The van der Waals surface area contributed by atoms with Gasteiger partial charge in [-0.2, -0.15) is 4.39 Å². The van der Waals surface area contributed by atoms with Crippen LogP contribution >= 0.6 is 0 Å². The molecule has 1 aliphatic heterocycles. The molecule has 0 amide bonds. The second-order valence-electron chi connectivity index (χ2n) is 4.24. The Morgan fingerprint density at radius 3 is 2.59 bits per heavy atom. The molecule has 1 N–H and O–H groups in total. The van der Waals surface area contributed by atoms with Crippen LogP contribution in [-0.2, 0) is 0 Å². The number of hydrogen-bond acceptors (Lipinski definition) is 2. The predicted octanol–water partition coefficient (Wildman–Crippen LogP) is 2.83. The summed E-state index contributed by atoms with van der Waals surface area (Å²) in [5.41, 5.74) is 0.479. The van der Waals surface area contributed by atoms with Gasteiger partial charge in [0, 0.05) is 0 Å². The second-order valence-corrected chi connectivity index (χ2v) is 4.24. The average molecular weight is 241 g/mol. The van der Waals surface area contributed by atoms with Crippen LogP contribution in [0.1, 0.15) is 31.2 Å². The molecule has 1 fully saturated rings. The summed E-state index contributed by atoms with van der Waals surface area (Å²) in [4.78, 5) is 0. The molecular formula is C13H17F2NO. The molecule has 1 aromatic rings. The maximum absolute atomic E-state index is 13.9. The molecule has 1 saturated heterocycles. The van der Waals surface area contributed by atoms with E-state index in [2.05, 4.69) is 5.32 Å². The normalized spacial score (nSPS) is 17.1. The first-order valence-electron chi connectivity index (χ1n) is 6.05. The van der Waals surface area contributed by atoms with E-state index >= 15 is 0 Å². The highest BCUT2D eigenvalue weighted by molar-refractivity contribution is 5.33. The van der Waals surface area contributed by atoms with E-state index < -0.39 is 11.6 Å². The molecule has 2 nitrogen and oxygen atoms in total. The number of benzene rings is 1. The van der Waals surface area contributed by atoms with Crippen LogP contribution in [0.4, 0.5) is 8.78 Å². The molecule has 94 valence electrons. The van der Waals surface area contributed by atoms with E-state index in [-0.39, 0.29) is 11.7 Å². The Morgan fingerprint density at radius 2 is 1.94 bits per heavy atom. The number of ether oxygens (including phenoxy) is 1. The number of piperidine rings is 1. The first-order chi connectivity index (χ1) is 8.24. The van der Waals surface area contributed by atoms with Crippen molar-refractivity contribution >= 4 is 0 Å². The minimum Gasteiger partial charge on any atom is -0.491 e. The lowest BCUT2D eigenvalue weighted by atomic mass is 9.90. The third kappa shape index (κ3) is 2.57. The third-order valence-electron chi connectivity index (χ3n) is 3.16. The van der Waals surface area contributed by atoms with Crippen molar-refractivity contribution in [2.24, 2.45) is 0 Å². The summed E-state index contributed by atoms with van der Waals surface area (Å²) >= 11 is 0. The summed E-state index contributed by atoms with van der Waals surface area (Å²) in [6.45, 7) is 3.80. The number of nitrogens with one attached hydrogen (secondary N) is 1. The molecule has 0 radical (unpaired) electrons. The highest BCUT2D eigenvalue weighted by Crippen LogP contribution is 2.31. The van der Waals surface area contributed by atoms with Gasteiger partial charge in [-0.25, -0.2) is 4.39 Å². The third-order valence-corrected chi connectivity index (χ3v) is 3.16. The lowest BCUT2D eigenvalue weighted by Gasteiger charge is -2.23. The van der Waals surface area contributed by atoms with Gasteiger partial charge in [0.2, 0.25) is 5.82 Å². The summed E-state index contributed by atoms with van der Waals surface area (Å²) < 4.78 is 32.6. The lowest BCUT2D eigenvalue weighted by molar-refractivity contribution is 0.311. The first-order valence-corrected chi connectivity index (χ1v) is 6.05. The van der Waals surface area contributed by atoms with Gasteiger partial charge in [-0.15, -0.1) is 0 Å². The topological polar surface area (TPSA) is 21.3 Å². The summed E-state index contributed by atoms with van der Waals surface area (Å²) in [5.74, 6) is -1.49. The number of halogens is 2. The number of rotatable bonds is 3. The molecule has 0 atom stereocenters. The van der Waals surface area contributed by atoms with E-state index in [0.717, 1.165) is 25.9 Å². The predicted molar refractivity (Wildman–Crippen MR) is 62.4 cm³/mol. The highest BCUT2D eigenvalue weighted by Gasteiger charge is 2.22. The van der Waals surface area contributed by atoms with E-state index in [0.29, 0.717) is 12.2 Å². The van der Waals surface area contributed by atoms with Gasteiger partial charge in [0.05, 0.1) is 6.61 Å². The molecule has 0 aromatic heterocycles. The molecule has 1 aromatic carbocycles. The Bertz CT molecular complexity index is 389. The van der Waals surface area contributed by atoms with Crippen LogP contribution in [-0.4, -0.2) is 19.7 Å². The van der Waals surface area contributed by atoms with E-state index in [1.165, 1.54) is 6.07 Å². The molecular weight excluding hydrogens is 224 g/mol. The standard InChI is InChI=1S/C13H17F2NO/c1-2-17-11-4-3-10(12(14)13(11)15)9-5-7-16-8-6-9/h3-4,9,16H,2,5-8H2,1H3. The largest absolute Gasteiger partial charge is 0.491 e. The monoisotopic (exact) mass is 241 g/mol. The van der Waals surface area contributed by atoms with E-state index in [1.54, 1.807) is 13.0 Å². The molecule has 0 saturated carbocycles. The molecule has 0 bridgehead atoms. The molecule has 4 heteroatoms. The summed E-state index contributed by atoms with van der Waals surface area (Å²) in [6, 6.07) is 3.18. The van der Waals surface area contributed by atoms with Gasteiger partial charge in [-0.3, -0.25) is 0 Å². The fraction of sp³-hybridized carbons (Fsp3) is 0.538. The maximum atomic E-state index is 13.9. The van der Waals surface area contributed by atoms with Gasteiger partial charge in [0.1, 0.15) is 0 Å². The van der Waals surface area contributed by atoms with Crippen LogP contribution in [0.3, 0.4) is 0 Å². The average Bonchev–Trinajstić information content (AvgIpc) is 2.36. The van der Waals surface area contributed by atoms with Crippen LogP contribution in [0.2, 0.25) is 0 Å². The van der Waals surface area contributed by atoms with Crippen LogP contribution < -0.4 is 10.1 Å². The van der Waals surface area contributed by atoms with Crippen molar-refractivity contribution < 1.29 is 13.5 Å².